The summed E-state index contributed by atoms with van der Waals surface area (Å²) in [4.78, 5) is 15.2. The van der Waals surface area contributed by atoms with E-state index in [9.17, 15) is 4.79 Å². The van der Waals surface area contributed by atoms with Crippen molar-refractivity contribution < 1.29 is 9.53 Å². The summed E-state index contributed by atoms with van der Waals surface area (Å²) in [6.07, 6.45) is 0.804. The van der Waals surface area contributed by atoms with E-state index in [-0.39, 0.29) is 24.4 Å². The molecule has 0 saturated carbocycles. The number of amides is 1. The number of rotatable bonds is 8. The summed E-state index contributed by atoms with van der Waals surface area (Å²) in [5, 5.41) is 3.88. The summed E-state index contributed by atoms with van der Waals surface area (Å²) >= 11 is 6.04. The Balaban J connectivity index is 0.00000341. The fraction of sp³-hybridized carbons (Fsp3) is 0.240. The van der Waals surface area contributed by atoms with Crippen molar-refractivity contribution in [1.29, 1.82) is 0 Å². The van der Waals surface area contributed by atoms with Crippen LogP contribution in [0.4, 0.5) is 0 Å². The lowest BCUT2D eigenvalue weighted by molar-refractivity contribution is 0.0932. The number of hydrogen-bond donors (Lipinski definition) is 1. The maximum atomic E-state index is 13.1. The second-order valence-electron chi connectivity index (χ2n) is 7.48. The lowest BCUT2D eigenvalue weighted by atomic mass is 10.0. The van der Waals surface area contributed by atoms with Crippen LogP contribution in [0.2, 0.25) is 5.02 Å². The van der Waals surface area contributed by atoms with Crippen molar-refractivity contribution in [2.45, 2.75) is 12.5 Å². The van der Waals surface area contributed by atoms with Crippen molar-refractivity contribution in [3.8, 4) is 16.9 Å². The fourth-order valence-corrected chi connectivity index (χ4v) is 3.40. The second-order valence-corrected chi connectivity index (χ2v) is 7.92. The molecule has 3 rings (SSSR count). The summed E-state index contributed by atoms with van der Waals surface area (Å²) in [6, 6.07) is 23.0. The van der Waals surface area contributed by atoms with Crippen LogP contribution in [0, 0.1) is 0 Å². The summed E-state index contributed by atoms with van der Waals surface area (Å²) in [6.45, 7) is 0.861. The van der Waals surface area contributed by atoms with Gasteiger partial charge < -0.3 is 15.0 Å². The topological polar surface area (TPSA) is 41.6 Å². The highest BCUT2D eigenvalue weighted by atomic mass is 35.5. The van der Waals surface area contributed by atoms with E-state index >= 15 is 0 Å². The summed E-state index contributed by atoms with van der Waals surface area (Å²) in [5.41, 5.74) is 3.70. The van der Waals surface area contributed by atoms with Gasteiger partial charge in [0.2, 0.25) is 0 Å². The minimum atomic E-state index is -0.0955. The van der Waals surface area contributed by atoms with E-state index < -0.39 is 0 Å². The van der Waals surface area contributed by atoms with E-state index in [4.69, 9.17) is 16.3 Å². The molecule has 0 aliphatic carbocycles. The van der Waals surface area contributed by atoms with Gasteiger partial charge in [0.25, 0.3) is 5.91 Å². The molecule has 164 valence electrons. The number of nitrogens with zero attached hydrogens (tertiary/aromatic N) is 1. The minimum absolute atomic E-state index is 0. The molecule has 31 heavy (non-hydrogen) atoms. The van der Waals surface area contributed by atoms with Crippen LogP contribution in [0.5, 0.6) is 5.75 Å². The number of halogens is 2. The number of hydrogen-bond acceptors (Lipinski definition) is 3. The van der Waals surface area contributed by atoms with E-state index in [1.165, 1.54) is 0 Å². The highest BCUT2D eigenvalue weighted by Gasteiger charge is 2.17. The van der Waals surface area contributed by atoms with Gasteiger partial charge in [-0.15, -0.1) is 12.4 Å². The molecule has 0 spiro atoms. The maximum absolute atomic E-state index is 13.1. The molecule has 0 aliphatic rings. The summed E-state index contributed by atoms with van der Waals surface area (Å²) < 4.78 is 5.22. The van der Waals surface area contributed by atoms with Crippen molar-refractivity contribution >= 4 is 29.9 Å². The highest BCUT2D eigenvalue weighted by Crippen LogP contribution is 2.24. The van der Waals surface area contributed by atoms with E-state index in [1.807, 2.05) is 86.9 Å². The molecular weight excluding hydrogens is 431 g/mol. The highest BCUT2D eigenvalue weighted by molar-refractivity contribution is 6.30. The smallest absolute Gasteiger partial charge is 0.251 e. The van der Waals surface area contributed by atoms with Crippen molar-refractivity contribution in [3.63, 3.8) is 0 Å². The van der Waals surface area contributed by atoms with Gasteiger partial charge in [0, 0.05) is 10.6 Å². The Hall–Kier alpha value is -2.53. The minimum Gasteiger partial charge on any atom is -0.497 e. The first-order valence-corrected chi connectivity index (χ1v) is 10.3. The molecule has 1 N–H and O–H groups in total. The standard InChI is InChI=1S/C25H27ClN2O2.ClH/c1-28(2)16-15-24(19-7-11-22(26)12-8-19)27-25(29)21-6-4-5-20(17-21)18-9-13-23(30-3)14-10-18;/h4-14,17,24H,15-16H2,1-3H3,(H,27,29);1H. The molecule has 3 aromatic carbocycles. The molecule has 4 nitrogen and oxygen atoms in total. The van der Waals surface area contributed by atoms with Gasteiger partial charge in [-0.2, -0.15) is 0 Å². The average molecular weight is 459 g/mol. The Bertz CT molecular complexity index is 974. The normalized spacial score (nSPS) is 11.5. The van der Waals surface area contributed by atoms with Gasteiger partial charge in [0.15, 0.2) is 0 Å². The Kier molecular flexibility index (Phi) is 9.38. The van der Waals surface area contributed by atoms with E-state index in [2.05, 4.69) is 10.2 Å². The van der Waals surface area contributed by atoms with Crippen molar-refractivity contribution in [2.24, 2.45) is 0 Å². The van der Waals surface area contributed by atoms with Gasteiger partial charge in [-0.05, 0) is 80.1 Å². The van der Waals surface area contributed by atoms with Crippen LogP contribution >= 0.6 is 24.0 Å². The molecule has 0 heterocycles. The largest absolute Gasteiger partial charge is 0.497 e. The average Bonchev–Trinajstić information content (AvgIpc) is 2.77. The van der Waals surface area contributed by atoms with E-state index in [1.54, 1.807) is 7.11 Å². The summed E-state index contributed by atoms with van der Waals surface area (Å²) in [7, 11) is 5.70. The van der Waals surface area contributed by atoms with Crippen LogP contribution < -0.4 is 10.1 Å². The van der Waals surface area contributed by atoms with Crippen LogP contribution in [-0.2, 0) is 0 Å². The Labute approximate surface area is 195 Å². The SMILES string of the molecule is COc1ccc(-c2cccc(C(=O)NC(CCN(C)C)c3ccc(Cl)cc3)c2)cc1.Cl. The molecule has 1 atom stereocenters. The lowest BCUT2D eigenvalue weighted by Crippen LogP contribution is -2.31. The van der Waals surface area contributed by atoms with Crippen LogP contribution in [-0.4, -0.2) is 38.6 Å². The van der Waals surface area contributed by atoms with Crippen molar-refractivity contribution in [3.05, 3.63) is 88.9 Å². The zero-order valence-corrected chi connectivity index (χ0v) is 19.5. The maximum Gasteiger partial charge on any atom is 0.251 e. The van der Waals surface area contributed by atoms with Crippen LogP contribution in [0.15, 0.2) is 72.8 Å². The monoisotopic (exact) mass is 458 g/mol. The zero-order valence-electron chi connectivity index (χ0n) is 18.0. The number of carbonyl (C=O) groups excluding carboxylic acids is 1. The van der Waals surface area contributed by atoms with Gasteiger partial charge in [-0.25, -0.2) is 0 Å². The molecule has 0 aromatic heterocycles. The van der Waals surface area contributed by atoms with Gasteiger partial charge in [-0.1, -0.05) is 48.0 Å². The predicted octanol–water partition coefficient (Wildman–Crippen LogP) is 5.86. The van der Waals surface area contributed by atoms with Crippen LogP contribution in [0.25, 0.3) is 11.1 Å². The Morgan fingerprint density at radius 1 is 1.00 bits per heavy atom. The number of carbonyl (C=O) groups is 1. The predicted molar refractivity (Wildman–Crippen MR) is 131 cm³/mol. The van der Waals surface area contributed by atoms with E-state index in [0.717, 1.165) is 35.4 Å². The van der Waals surface area contributed by atoms with Gasteiger partial charge >= 0.3 is 0 Å². The molecule has 3 aromatic rings. The van der Waals surface area contributed by atoms with Gasteiger partial charge in [0.05, 0.1) is 13.2 Å². The second kappa shape index (κ2) is 11.8. The fourth-order valence-electron chi connectivity index (χ4n) is 3.27. The first-order valence-electron chi connectivity index (χ1n) is 9.92. The van der Waals surface area contributed by atoms with Gasteiger partial charge in [0.1, 0.15) is 5.75 Å². The lowest BCUT2D eigenvalue weighted by Gasteiger charge is -2.21. The van der Waals surface area contributed by atoms with E-state index in [0.29, 0.717) is 10.6 Å². The summed E-state index contributed by atoms with van der Waals surface area (Å²) in [5.74, 6) is 0.711. The molecule has 0 bridgehead atoms. The quantitative estimate of drug-likeness (QED) is 0.459. The third kappa shape index (κ3) is 7.00. The number of nitrogens with one attached hydrogen (secondary N) is 1. The first-order chi connectivity index (χ1) is 14.5. The third-order valence-electron chi connectivity index (χ3n) is 4.99. The molecule has 6 heteroatoms. The number of benzene rings is 3. The number of ether oxygens (including phenoxy) is 1. The molecule has 1 unspecified atom stereocenters. The Morgan fingerprint density at radius 2 is 1.68 bits per heavy atom. The molecular formula is C25H28Cl2N2O2. The third-order valence-corrected chi connectivity index (χ3v) is 5.24. The van der Waals surface area contributed by atoms with Crippen molar-refractivity contribution in [1.82, 2.24) is 10.2 Å². The van der Waals surface area contributed by atoms with Crippen LogP contribution in [0.1, 0.15) is 28.4 Å². The number of methoxy groups -OCH3 is 1. The molecule has 0 aliphatic heterocycles. The molecule has 1 amide bonds. The van der Waals surface area contributed by atoms with Crippen molar-refractivity contribution in [2.75, 3.05) is 27.7 Å². The molecule has 0 fully saturated rings. The Morgan fingerprint density at radius 3 is 2.29 bits per heavy atom. The molecule has 0 radical (unpaired) electrons. The zero-order chi connectivity index (χ0) is 21.5. The molecule has 0 saturated heterocycles. The van der Waals surface area contributed by atoms with Gasteiger partial charge in [-0.3, -0.25) is 4.79 Å². The van der Waals surface area contributed by atoms with Crippen LogP contribution in [0.3, 0.4) is 0 Å². The first kappa shape index (κ1) is 24.7.